The molecule has 2 aromatic carbocycles. The molecule has 3 N–H and O–H groups in total. The van der Waals surface area contributed by atoms with E-state index in [4.69, 9.17) is 0 Å². The maximum atomic E-state index is 13.4. The lowest BCUT2D eigenvalue weighted by atomic mass is 9.83. The summed E-state index contributed by atoms with van der Waals surface area (Å²) in [5.41, 5.74) is 4.03. The van der Waals surface area contributed by atoms with E-state index >= 15 is 0 Å². The number of piperazine rings is 1. The molecule has 46 heavy (non-hydrogen) atoms. The molecular weight excluding hydrogens is 606 g/mol. The molecule has 1 saturated heterocycles. The quantitative estimate of drug-likeness (QED) is 0.406. The van der Waals surface area contributed by atoms with Crippen molar-refractivity contribution in [1.82, 2.24) is 24.7 Å². The van der Waals surface area contributed by atoms with Gasteiger partial charge in [-0.15, -0.1) is 0 Å². The first-order valence-corrected chi connectivity index (χ1v) is 17.3. The van der Waals surface area contributed by atoms with Crippen molar-refractivity contribution in [2.45, 2.75) is 89.4 Å². The molecule has 12 heteroatoms. The third kappa shape index (κ3) is 6.92. The molecule has 2 heterocycles. The summed E-state index contributed by atoms with van der Waals surface area (Å²) < 4.78 is 27.8. The fraction of sp³-hybridized carbons (Fsp3) is 0.500. The normalized spacial score (nSPS) is 23.0. The summed E-state index contributed by atoms with van der Waals surface area (Å²) in [7, 11) is -4.06. The number of nitrogens with zero attached hydrogens (tertiary/aromatic N) is 3. The molecule has 2 aliphatic heterocycles. The Hall–Kier alpha value is -3.90. The van der Waals surface area contributed by atoms with Gasteiger partial charge in [-0.25, -0.2) is 13.2 Å². The largest absolute Gasteiger partial charge is 0.465 e. The van der Waals surface area contributed by atoms with Crippen LogP contribution < -0.4 is 10.6 Å². The third-order valence-electron chi connectivity index (χ3n) is 9.54. The summed E-state index contributed by atoms with van der Waals surface area (Å²) in [6, 6.07) is 11.2. The van der Waals surface area contributed by atoms with Gasteiger partial charge in [0.25, 0.3) is 10.0 Å². The highest BCUT2D eigenvalue weighted by Crippen LogP contribution is 2.35. The molecule has 1 fully saturated rings. The van der Waals surface area contributed by atoms with E-state index in [1.54, 1.807) is 17.0 Å². The van der Waals surface area contributed by atoms with Crippen molar-refractivity contribution in [3.05, 3.63) is 77.1 Å². The summed E-state index contributed by atoms with van der Waals surface area (Å²) in [6.45, 7) is 12.0. The van der Waals surface area contributed by atoms with Crippen LogP contribution in [0.3, 0.4) is 0 Å². The number of hydrogen-bond donors (Lipinski definition) is 3. The van der Waals surface area contributed by atoms with Crippen LogP contribution in [0.2, 0.25) is 0 Å². The third-order valence-corrected chi connectivity index (χ3v) is 11.3. The first kappa shape index (κ1) is 33.5. The first-order chi connectivity index (χ1) is 21.7. The minimum Gasteiger partial charge on any atom is -0.465 e. The number of sulfonamides is 1. The van der Waals surface area contributed by atoms with Gasteiger partial charge in [-0.1, -0.05) is 56.7 Å². The molecule has 2 aromatic rings. The second kappa shape index (κ2) is 13.1. The lowest BCUT2D eigenvalue weighted by molar-refractivity contribution is -0.129. The first-order valence-electron chi connectivity index (χ1n) is 15.9. The van der Waals surface area contributed by atoms with E-state index in [-0.39, 0.29) is 34.9 Å². The van der Waals surface area contributed by atoms with E-state index in [9.17, 15) is 27.9 Å². The Bertz CT molecular complexity index is 1620. The van der Waals surface area contributed by atoms with Crippen molar-refractivity contribution < 1.29 is 27.9 Å². The van der Waals surface area contributed by atoms with Gasteiger partial charge >= 0.3 is 6.09 Å². The van der Waals surface area contributed by atoms with Gasteiger partial charge in [0.15, 0.2) is 0 Å². The van der Waals surface area contributed by atoms with Gasteiger partial charge < -0.3 is 20.6 Å². The second-order valence-corrected chi connectivity index (χ2v) is 15.5. The summed E-state index contributed by atoms with van der Waals surface area (Å²) in [5, 5.41) is 15.4. The van der Waals surface area contributed by atoms with Gasteiger partial charge in [-0.2, -0.15) is 0 Å². The summed E-state index contributed by atoms with van der Waals surface area (Å²) >= 11 is 0. The molecule has 3 amide bonds. The maximum Gasteiger partial charge on any atom is 0.407 e. The van der Waals surface area contributed by atoms with Crippen LogP contribution in [-0.2, 0) is 26.0 Å². The Kier molecular flexibility index (Phi) is 9.51. The van der Waals surface area contributed by atoms with E-state index in [1.165, 1.54) is 24.5 Å². The molecule has 0 spiro atoms. The molecule has 0 radical (unpaired) electrons. The molecule has 4 atom stereocenters. The van der Waals surface area contributed by atoms with E-state index < -0.39 is 34.0 Å². The predicted octanol–water partition coefficient (Wildman–Crippen LogP) is 4.31. The van der Waals surface area contributed by atoms with Gasteiger partial charge in [-0.05, 0) is 67.3 Å². The van der Waals surface area contributed by atoms with Crippen LogP contribution >= 0.6 is 0 Å². The molecule has 248 valence electrons. The number of fused-ring (bicyclic) bond motifs is 1. The van der Waals surface area contributed by atoms with Crippen molar-refractivity contribution in [3.63, 3.8) is 0 Å². The highest BCUT2D eigenvalue weighted by Gasteiger charge is 2.40. The van der Waals surface area contributed by atoms with Crippen LogP contribution in [0.4, 0.5) is 4.79 Å². The Balaban J connectivity index is 1.28. The van der Waals surface area contributed by atoms with Gasteiger partial charge in [-0.3, -0.25) is 18.8 Å². The number of aryl methyl sites for hydroxylation is 2. The van der Waals surface area contributed by atoms with E-state index in [0.29, 0.717) is 19.6 Å². The summed E-state index contributed by atoms with van der Waals surface area (Å²) in [5.74, 6) is -0.965. The number of amides is 3. The zero-order chi connectivity index (χ0) is 33.4. The van der Waals surface area contributed by atoms with Crippen LogP contribution in [0.5, 0.6) is 0 Å². The number of benzene rings is 2. The van der Waals surface area contributed by atoms with Crippen LogP contribution in [0, 0.1) is 12.3 Å². The molecule has 3 aliphatic rings. The fourth-order valence-electron chi connectivity index (χ4n) is 6.78. The lowest BCUT2D eigenvalue weighted by Gasteiger charge is -2.47. The van der Waals surface area contributed by atoms with Crippen molar-refractivity contribution in [3.8, 4) is 0 Å². The monoisotopic (exact) mass is 651 g/mol. The molecule has 1 aliphatic carbocycles. The highest BCUT2D eigenvalue weighted by atomic mass is 32.2. The number of carbonyl (C=O) groups is 3. The Morgan fingerprint density at radius 3 is 2.50 bits per heavy atom. The van der Waals surface area contributed by atoms with E-state index in [2.05, 4.69) is 61.4 Å². The Morgan fingerprint density at radius 1 is 1.11 bits per heavy atom. The fourth-order valence-corrected chi connectivity index (χ4v) is 8.23. The zero-order valence-electron chi connectivity index (χ0n) is 27.2. The van der Waals surface area contributed by atoms with Gasteiger partial charge in [0.1, 0.15) is 6.04 Å². The Morgan fingerprint density at radius 2 is 1.83 bits per heavy atom. The molecule has 11 nitrogen and oxygen atoms in total. The molecule has 2 unspecified atom stereocenters. The van der Waals surface area contributed by atoms with Crippen LogP contribution in [0.15, 0.2) is 59.8 Å². The topological polar surface area (TPSA) is 139 Å². The van der Waals surface area contributed by atoms with Crippen LogP contribution in [0.1, 0.15) is 81.3 Å². The number of carbonyl (C=O) groups excluding carboxylic acids is 2. The number of carboxylic acid groups (broad SMARTS) is 1. The second-order valence-electron chi connectivity index (χ2n) is 13.7. The zero-order valence-corrected chi connectivity index (χ0v) is 28.0. The summed E-state index contributed by atoms with van der Waals surface area (Å²) in [6.07, 6.45) is 3.85. The molecule has 5 rings (SSSR count). The number of nitrogens with one attached hydrogen (secondary N) is 2. The average Bonchev–Trinajstić information content (AvgIpc) is 3.01. The maximum absolute atomic E-state index is 13.4. The van der Waals surface area contributed by atoms with Gasteiger partial charge in [0.05, 0.1) is 23.4 Å². The van der Waals surface area contributed by atoms with Gasteiger partial charge in [0, 0.05) is 38.1 Å². The minimum absolute atomic E-state index is 0.0480. The van der Waals surface area contributed by atoms with Crippen molar-refractivity contribution in [1.29, 1.82) is 0 Å². The minimum atomic E-state index is -4.06. The summed E-state index contributed by atoms with van der Waals surface area (Å²) in [4.78, 5) is 42.1. The smallest absolute Gasteiger partial charge is 0.407 e. The van der Waals surface area contributed by atoms with Crippen molar-refractivity contribution in [2.24, 2.45) is 5.41 Å². The molecule has 0 saturated carbocycles. The number of hydrogen-bond acceptors (Lipinski definition) is 6. The molecular formula is C34H45N5O6S. The molecule has 0 bridgehead atoms. The highest BCUT2D eigenvalue weighted by molar-refractivity contribution is 7.89. The van der Waals surface area contributed by atoms with Crippen molar-refractivity contribution in [2.75, 3.05) is 19.6 Å². The standard InChI is InChI=1S/C34H45N5O6S/c1-22-9-12-26(13-10-22)46(44,45)39-16-15-35-32(41)29(39)20-31(40)36-28-8-6-7-25-19-24(11-14-27(25)28)23(2)37-17-18-38(33(42)43)30(21-37)34(3,4)5/h9-16,19,23,28-30H,6-8,17-18,20-21H2,1-5H3,(H,35,41)(H,36,40)(H,42,43)/t23?,28-,29-,30?/m1/s1. The predicted molar refractivity (Wildman–Crippen MR) is 174 cm³/mol. The van der Waals surface area contributed by atoms with Gasteiger partial charge in [0.2, 0.25) is 11.8 Å². The van der Waals surface area contributed by atoms with Crippen LogP contribution in [0.25, 0.3) is 0 Å². The number of rotatable bonds is 7. The molecule has 0 aromatic heterocycles. The van der Waals surface area contributed by atoms with E-state index in [0.717, 1.165) is 45.8 Å². The SMILES string of the molecule is Cc1ccc(S(=O)(=O)N2C=CNC(=O)[C@H]2CC(=O)N[C@@H]2CCCc3cc(C(C)N4CCN(C(=O)O)C(C(C)(C)C)C4)ccc32)cc1. The van der Waals surface area contributed by atoms with Crippen LogP contribution in [-0.4, -0.2) is 77.3 Å². The van der Waals surface area contributed by atoms with E-state index in [1.807, 2.05) is 6.92 Å². The average molecular weight is 652 g/mol. The van der Waals surface area contributed by atoms with Crippen molar-refractivity contribution >= 4 is 27.9 Å². The lowest BCUT2D eigenvalue weighted by Crippen LogP contribution is -2.59. The Labute approximate surface area is 271 Å².